The average Bonchev–Trinajstić information content (AvgIpc) is 2.76. The first kappa shape index (κ1) is 26.6. The van der Waals surface area contributed by atoms with E-state index in [1.165, 1.54) is 0 Å². The quantitative estimate of drug-likeness (QED) is 0.438. The molecule has 1 amide bonds. The lowest BCUT2D eigenvalue weighted by molar-refractivity contribution is -0.141. The monoisotopic (exact) mass is 519 g/mol. The second-order valence-corrected chi connectivity index (χ2v) is 10.6. The number of piperazine rings is 1. The van der Waals surface area contributed by atoms with Gasteiger partial charge in [-0.3, -0.25) is 4.79 Å². The molecule has 1 fully saturated rings. The molecule has 3 rings (SSSR count). The van der Waals surface area contributed by atoms with Crippen LogP contribution in [0.4, 0.5) is 29.2 Å². The summed E-state index contributed by atoms with van der Waals surface area (Å²) in [5.74, 6) is -2.45. The van der Waals surface area contributed by atoms with Gasteiger partial charge in [0.2, 0.25) is 5.95 Å². The van der Waals surface area contributed by atoms with E-state index in [-0.39, 0.29) is 47.6 Å². The Morgan fingerprint density at radius 3 is 2.46 bits per heavy atom. The van der Waals surface area contributed by atoms with Gasteiger partial charge in [-0.25, -0.2) is 22.8 Å². The number of anilines is 2. The molecule has 1 aliphatic rings. The van der Waals surface area contributed by atoms with E-state index in [4.69, 9.17) is 5.73 Å². The van der Waals surface area contributed by atoms with Crippen LogP contribution < -0.4 is 15.5 Å². The number of halogens is 4. The molecule has 1 aromatic heterocycles. The second-order valence-electron chi connectivity index (χ2n) is 8.59. The summed E-state index contributed by atoms with van der Waals surface area (Å²) in [5, 5.41) is 9.44. The number of hydrogen-bond donors (Lipinski definition) is 2. The maximum Gasteiger partial charge on any atom is 0.434 e. The summed E-state index contributed by atoms with van der Waals surface area (Å²) in [6.45, 7) is 3.30. The van der Waals surface area contributed by atoms with Crippen molar-refractivity contribution in [3.05, 3.63) is 41.0 Å². The number of hydrogen-bond acceptors (Lipinski definition) is 8. The molecule has 1 unspecified atom stereocenters. The van der Waals surface area contributed by atoms with Crippen LogP contribution in [0.3, 0.4) is 0 Å². The van der Waals surface area contributed by atoms with Crippen molar-refractivity contribution in [1.82, 2.24) is 9.97 Å². The molecule has 14 heteroatoms. The largest absolute Gasteiger partial charge is 0.434 e. The summed E-state index contributed by atoms with van der Waals surface area (Å²) in [6.07, 6.45) is -3.25. The molecule has 192 valence electrons. The summed E-state index contributed by atoms with van der Waals surface area (Å²) < 4.78 is 79.7. The molecule has 0 spiro atoms. The number of rotatable bonds is 6. The van der Waals surface area contributed by atoms with Gasteiger partial charge in [0.1, 0.15) is 5.82 Å². The fraction of sp³-hybridized carbons (Fsp3) is 0.476. The van der Waals surface area contributed by atoms with E-state index in [0.29, 0.717) is 0 Å². The Labute approximate surface area is 199 Å². The number of alkyl halides is 3. The zero-order chi connectivity index (χ0) is 26.3. The summed E-state index contributed by atoms with van der Waals surface area (Å²) in [6, 6.07) is 1.63. The predicted molar refractivity (Wildman–Crippen MR) is 119 cm³/mol. The van der Waals surface area contributed by atoms with Crippen molar-refractivity contribution in [2.45, 2.75) is 37.6 Å². The van der Waals surface area contributed by atoms with Crippen LogP contribution in [0.1, 0.15) is 35.5 Å². The molecule has 2 aromatic rings. The van der Waals surface area contributed by atoms with Gasteiger partial charge in [0, 0.05) is 32.1 Å². The van der Waals surface area contributed by atoms with Crippen LogP contribution >= 0.6 is 0 Å². The highest BCUT2D eigenvalue weighted by Crippen LogP contribution is 2.34. The number of primary amides is 1. The van der Waals surface area contributed by atoms with Crippen LogP contribution in [0.25, 0.3) is 0 Å². The van der Waals surface area contributed by atoms with E-state index in [1.807, 2.05) is 13.8 Å². The van der Waals surface area contributed by atoms with Gasteiger partial charge in [-0.15, -0.1) is 0 Å². The number of aliphatic hydroxyl groups is 1. The number of nitrogens with two attached hydrogens (primary N) is 1. The van der Waals surface area contributed by atoms with Crippen molar-refractivity contribution in [2.24, 2.45) is 11.7 Å². The van der Waals surface area contributed by atoms with Crippen LogP contribution in [0.5, 0.6) is 0 Å². The van der Waals surface area contributed by atoms with E-state index < -0.39 is 51.6 Å². The van der Waals surface area contributed by atoms with Crippen molar-refractivity contribution < 1.29 is 35.9 Å². The highest BCUT2D eigenvalue weighted by molar-refractivity contribution is 7.90. The van der Waals surface area contributed by atoms with Gasteiger partial charge in [0.15, 0.2) is 15.5 Å². The van der Waals surface area contributed by atoms with Crippen molar-refractivity contribution in [3.8, 4) is 0 Å². The van der Waals surface area contributed by atoms with Crippen LogP contribution in [0.15, 0.2) is 23.2 Å². The van der Waals surface area contributed by atoms with Crippen molar-refractivity contribution in [3.63, 3.8) is 0 Å². The molecule has 1 aliphatic heterocycles. The van der Waals surface area contributed by atoms with E-state index in [1.54, 1.807) is 9.80 Å². The molecule has 1 saturated heterocycles. The smallest absolute Gasteiger partial charge is 0.392 e. The zero-order valence-electron chi connectivity index (χ0n) is 19.2. The molecular weight excluding hydrogens is 494 g/mol. The summed E-state index contributed by atoms with van der Waals surface area (Å²) in [5.41, 5.74) is 2.67. The fourth-order valence-electron chi connectivity index (χ4n) is 4.05. The molecule has 2 heterocycles. The van der Waals surface area contributed by atoms with Gasteiger partial charge in [-0.05, 0) is 23.6 Å². The van der Waals surface area contributed by atoms with Gasteiger partial charge >= 0.3 is 6.18 Å². The Morgan fingerprint density at radius 2 is 1.94 bits per heavy atom. The van der Waals surface area contributed by atoms with Crippen molar-refractivity contribution >= 4 is 27.4 Å². The second kappa shape index (κ2) is 9.57. The third-order valence-electron chi connectivity index (χ3n) is 5.80. The fourth-order valence-corrected chi connectivity index (χ4v) is 4.98. The van der Waals surface area contributed by atoms with Gasteiger partial charge in [-0.1, -0.05) is 13.8 Å². The number of amides is 1. The number of carbonyl (C=O) groups is 1. The number of carbonyl (C=O) groups excluding carboxylic acids is 1. The number of benzene rings is 1. The number of aromatic nitrogens is 2. The number of nitrogens with zero attached hydrogens (tertiary/aromatic N) is 4. The average molecular weight is 520 g/mol. The third kappa shape index (κ3) is 5.48. The Bertz CT molecular complexity index is 1240. The van der Waals surface area contributed by atoms with Crippen LogP contribution in [0.2, 0.25) is 0 Å². The first-order valence-electron chi connectivity index (χ1n) is 10.5. The van der Waals surface area contributed by atoms with Gasteiger partial charge in [0.25, 0.3) is 5.91 Å². The molecular formula is C21H25F4N5O4S. The summed E-state index contributed by atoms with van der Waals surface area (Å²) >= 11 is 0. The standard InChI is InChI=1S/C21H25F4N5O4S/c1-11(2)16-9-29(15-7-17(35(3,33)34)12(10-31)6-14(15)22)4-5-30(16)20-27-8-13(19(26)32)18(28-20)21(23,24)25/h6-8,11,16,31H,4-5,9-10H2,1-3H3,(H2,26,32). The Balaban J connectivity index is 2.01. The summed E-state index contributed by atoms with van der Waals surface area (Å²) in [4.78, 5) is 21.9. The van der Waals surface area contributed by atoms with Crippen molar-refractivity contribution in [1.29, 1.82) is 0 Å². The van der Waals surface area contributed by atoms with E-state index >= 15 is 0 Å². The highest BCUT2D eigenvalue weighted by atomic mass is 32.2. The lowest BCUT2D eigenvalue weighted by Gasteiger charge is -2.44. The van der Waals surface area contributed by atoms with Gasteiger partial charge in [0.05, 0.1) is 28.8 Å². The van der Waals surface area contributed by atoms with Gasteiger partial charge < -0.3 is 20.6 Å². The van der Waals surface area contributed by atoms with Crippen LogP contribution in [-0.4, -0.2) is 61.3 Å². The Hall–Kier alpha value is -3.00. The number of aliphatic hydroxyl groups excluding tert-OH is 1. The Kier molecular flexibility index (Phi) is 7.27. The highest BCUT2D eigenvalue weighted by Gasteiger charge is 2.39. The van der Waals surface area contributed by atoms with E-state index in [2.05, 4.69) is 9.97 Å². The minimum atomic E-state index is -4.93. The van der Waals surface area contributed by atoms with E-state index in [9.17, 15) is 35.9 Å². The zero-order valence-corrected chi connectivity index (χ0v) is 20.0. The third-order valence-corrected chi connectivity index (χ3v) is 6.97. The number of sulfone groups is 1. The van der Waals surface area contributed by atoms with E-state index in [0.717, 1.165) is 24.6 Å². The SMILES string of the molecule is CC(C)C1CN(c2cc(S(C)(=O)=O)c(CO)cc2F)CCN1c1ncc(C(N)=O)c(C(F)(F)F)n1. The molecule has 1 atom stereocenters. The molecule has 0 radical (unpaired) electrons. The first-order valence-corrected chi connectivity index (χ1v) is 12.4. The van der Waals surface area contributed by atoms with Gasteiger partial charge in [-0.2, -0.15) is 13.2 Å². The molecule has 35 heavy (non-hydrogen) atoms. The van der Waals surface area contributed by atoms with Crippen LogP contribution in [-0.2, 0) is 22.6 Å². The lowest BCUT2D eigenvalue weighted by atomic mass is 9.99. The molecule has 0 bridgehead atoms. The minimum absolute atomic E-state index is 0.00565. The topological polar surface area (TPSA) is 130 Å². The molecule has 9 nitrogen and oxygen atoms in total. The maximum atomic E-state index is 14.9. The van der Waals surface area contributed by atoms with Crippen LogP contribution in [0, 0.1) is 11.7 Å². The lowest BCUT2D eigenvalue weighted by Crippen LogP contribution is -2.56. The molecule has 3 N–H and O–H groups in total. The first-order chi connectivity index (χ1) is 16.1. The molecule has 1 aromatic carbocycles. The predicted octanol–water partition coefficient (Wildman–Crippen LogP) is 1.98. The minimum Gasteiger partial charge on any atom is -0.392 e. The summed E-state index contributed by atoms with van der Waals surface area (Å²) in [7, 11) is -3.77. The molecule has 0 saturated carbocycles. The normalized spacial score (nSPS) is 17.2. The molecule has 0 aliphatic carbocycles. The van der Waals surface area contributed by atoms with Crippen molar-refractivity contribution in [2.75, 3.05) is 35.7 Å². The Morgan fingerprint density at radius 1 is 1.29 bits per heavy atom. The maximum absolute atomic E-state index is 14.9.